The molecule has 0 fully saturated rings. The summed E-state index contributed by atoms with van der Waals surface area (Å²) in [6.45, 7) is 1.96. The van der Waals surface area contributed by atoms with Crippen molar-refractivity contribution in [1.29, 1.82) is 0 Å². The van der Waals surface area contributed by atoms with Gasteiger partial charge in [0.2, 0.25) is 0 Å². The highest BCUT2D eigenvalue weighted by Gasteiger charge is 2.12. The molecule has 1 aromatic carbocycles. The first kappa shape index (κ1) is 14.9. The van der Waals surface area contributed by atoms with E-state index < -0.39 is 9.84 Å². The van der Waals surface area contributed by atoms with Crippen molar-refractivity contribution in [3.8, 4) is 5.75 Å². The minimum atomic E-state index is -3.22. The van der Waals surface area contributed by atoms with Gasteiger partial charge in [0.1, 0.15) is 11.9 Å². The second-order valence-electron chi connectivity index (χ2n) is 4.07. The van der Waals surface area contributed by atoms with E-state index in [-0.39, 0.29) is 11.0 Å². The molecule has 0 spiro atoms. The van der Waals surface area contributed by atoms with Gasteiger partial charge in [-0.05, 0) is 24.6 Å². The largest absolute Gasteiger partial charge is 0.490 e. The van der Waals surface area contributed by atoms with Crippen LogP contribution in [0.4, 0.5) is 0 Å². The van der Waals surface area contributed by atoms with Crippen LogP contribution in [0.3, 0.4) is 0 Å². The van der Waals surface area contributed by atoms with E-state index in [1.165, 1.54) is 18.4 Å². The summed E-state index contributed by atoms with van der Waals surface area (Å²) in [6.07, 6.45) is 2.27. The number of nitrogens with two attached hydrogens (primary N) is 1. The minimum absolute atomic E-state index is 0.127. The predicted molar refractivity (Wildman–Crippen MR) is 75.7 cm³/mol. The molecule has 1 atom stereocenters. The topological polar surface area (TPSA) is 69.4 Å². The molecule has 1 aromatic rings. The summed E-state index contributed by atoms with van der Waals surface area (Å²) in [4.78, 5) is 0.631. The molecule has 4 nitrogen and oxygen atoms in total. The Labute approximate surface area is 113 Å². The van der Waals surface area contributed by atoms with Gasteiger partial charge in [0.15, 0.2) is 9.84 Å². The van der Waals surface area contributed by atoms with Crippen molar-refractivity contribution >= 4 is 27.0 Å². The zero-order chi connectivity index (χ0) is 13.8. The van der Waals surface area contributed by atoms with Gasteiger partial charge in [-0.3, -0.25) is 0 Å². The van der Waals surface area contributed by atoms with Crippen molar-refractivity contribution in [1.82, 2.24) is 0 Å². The summed E-state index contributed by atoms with van der Waals surface area (Å²) in [6, 6.07) is 6.42. The second-order valence-corrected chi connectivity index (χ2v) is 6.61. The van der Waals surface area contributed by atoms with Crippen LogP contribution in [-0.4, -0.2) is 25.8 Å². The summed E-state index contributed by atoms with van der Waals surface area (Å²) in [5.41, 5.74) is 5.48. The Balaban J connectivity index is 2.87. The van der Waals surface area contributed by atoms with Crippen LogP contribution in [0.5, 0.6) is 5.75 Å². The highest BCUT2D eigenvalue weighted by atomic mass is 32.2. The van der Waals surface area contributed by atoms with Crippen LogP contribution in [0.15, 0.2) is 29.2 Å². The van der Waals surface area contributed by atoms with Crippen molar-refractivity contribution in [2.45, 2.75) is 30.8 Å². The minimum Gasteiger partial charge on any atom is -0.490 e. The molecule has 0 aliphatic rings. The molecular weight excluding hydrogens is 270 g/mol. The summed E-state index contributed by atoms with van der Waals surface area (Å²) in [7, 11) is -3.22. The lowest BCUT2D eigenvalue weighted by Crippen LogP contribution is -2.23. The SMILES string of the molecule is CCC(CC(N)=S)Oc1cccc(S(C)(=O)=O)c1. The number of hydrogen-bond donors (Lipinski definition) is 1. The second kappa shape index (κ2) is 6.15. The van der Waals surface area contributed by atoms with Crippen LogP contribution in [0, 0.1) is 0 Å². The third kappa shape index (κ3) is 4.62. The maximum absolute atomic E-state index is 11.4. The predicted octanol–water partition coefficient (Wildman–Crippen LogP) is 1.92. The average molecular weight is 287 g/mol. The lowest BCUT2D eigenvalue weighted by atomic mass is 10.2. The lowest BCUT2D eigenvalue weighted by molar-refractivity contribution is 0.205. The Bertz CT molecular complexity index is 526. The van der Waals surface area contributed by atoms with Gasteiger partial charge in [0.25, 0.3) is 0 Å². The van der Waals surface area contributed by atoms with Crippen LogP contribution in [0.1, 0.15) is 19.8 Å². The molecule has 0 amide bonds. The molecule has 18 heavy (non-hydrogen) atoms. The monoisotopic (exact) mass is 287 g/mol. The van der Waals surface area contributed by atoms with E-state index in [2.05, 4.69) is 0 Å². The van der Waals surface area contributed by atoms with E-state index in [0.29, 0.717) is 17.2 Å². The molecule has 0 aliphatic carbocycles. The Morgan fingerprint density at radius 1 is 1.50 bits per heavy atom. The maximum Gasteiger partial charge on any atom is 0.175 e. The fraction of sp³-hybridized carbons (Fsp3) is 0.417. The standard InChI is InChI=1S/C12H17NO3S2/c1-3-9(8-12(13)17)16-10-5-4-6-11(7-10)18(2,14)15/h4-7,9H,3,8H2,1-2H3,(H2,13,17). The van der Waals surface area contributed by atoms with Crippen molar-refractivity contribution < 1.29 is 13.2 Å². The van der Waals surface area contributed by atoms with Crippen LogP contribution >= 0.6 is 12.2 Å². The van der Waals surface area contributed by atoms with Crippen LogP contribution in [-0.2, 0) is 9.84 Å². The zero-order valence-corrected chi connectivity index (χ0v) is 12.1. The maximum atomic E-state index is 11.4. The quantitative estimate of drug-likeness (QED) is 0.810. The molecule has 100 valence electrons. The molecule has 0 aromatic heterocycles. The zero-order valence-electron chi connectivity index (χ0n) is 10.4. The Kier molecular flexibility index (Phi) is 5.10. The normalized spacial score (nSPS) is 13.0. The third-order valence-electron chi connectivity index (χ3n) is 2.42. The fourth-order valence-corrected chi connectivity index (χ4v) is 2.31. The number of ether oxygens (including phenoxy) is 1. The van der Waals surface area contributed by atoms with Crippen molar-refractivity contribution in [2.24, 2.45) is 5.73 Å². The summed E-state index contributed by atoms with van der Waals surface area (Å²) < 4.78 is 28.5. The first-order valence-electron chi connectivity index (χ1n) is 5.58. The molecule has 2 N–H and O–H groups in total. The van der Waals surface area contributed by atoms with Crippen LogP contribution in [0.2, 0.25) is 0 Å². The molecule has 6 heteroatoms. The highest BCUT2D eigenvalue weighted by molar-refractivity contribution is 7.90. The highest BCUT2D eigenvalue weighted by Crippen LogP contribution is 2.20. The van der Waals surface area contributed by atoms with Gasteiger partial charge in [-0.15, -0.1) is 0 Å². The molecule has 0 heterocycles. The number of hydrogen-bond acceptors (Lipinski definition) is 4. The van der Waals surface area contributed by atoms with Crippen molar-refractivity contribution in [3.05, 3.63) is 24.3 Å². The number of rotatable bonds is 6. The summed E-state index contributed by atoms with van der Waals surface area (Å²) >= 11 is 4.84. The smallest absolute Gasteiger partial charge is 0.175 e. The van der Waals surface area contributed by atoms with Crippen LogP contribution < -0.4 is 10.5 Å². The van der Waals surface area contributed by atoms with Gasteiger partial charge in [-0.25, -0.2) is 8.42 Å². The molecule has 0 bridgehead atoms. The Morgan fingerprint density at radius 2 is 2.17 bits per heavy atom. The van der Waals surface area contributed by atoms with Gasteiger partial charge >= 0.3 is 0 Å². The van der Waals surface area contributed by atoms with Gasteiger partial charge in [-0.1, -0.05) is 25.2 Å². The van der Waals surface area contributed by atoms with Gasteiger partial charge < -0.3 is 10.5 Å². The van der Waals surface area contributed by atoms with Gasteiger partial charge in [-0.2, -0.15) is 0 Å². The van der Waals surface area contributed by atoms with Crippen molar-refractivity contribution in [2.75, 3.05) is 6.26 Å². The van der Waals surface area contributed by atoms with Crippen molar-refractivity contribution in [3.63, 3.8) is 0 Å². The number of benzene rings is 1. The fourth-order valence-electron chi connectivity index (χ4n) is 1.46. The molecule has 0 radical (unpaired) electrons. The molecular formula is C12H17NO3S2. The number of thiocarbonyl (C=S) groups is 1. The van der Waals surface area contributed by atoms with Gasteiger partial charge in [0.05, 0.1) is 9.88 Å². The van der Waals surface area contributed by atoms with Crippen LogP contribution in [0.25, 0.3) is 0 Å². The number of sulfone groups is 1. The molecule has 1 unspecified atom stereocenters. The third-order valence-corrected chi connectivity index (χ3v) is 3.70. The molecule has 1 rings (SSSR count). The first-order chi connectivity index (χ1) is 8.32. The molecule has 0 saturated carbocycles. The first-order valence-corrected chi connectivity index (χ1v) is 7.88. The van der Waals surface area contributed by atoms with E-state index in [0.717, 1.165) is 6.42 Å². The average Bonchev–Trinajstić information content (AvgIpc) is 2.26. The summed E-state index contributed by atoms with van der Waals surface area (Å²) in [5, 5.41) is 0. The van der Waals surface area contributed by atoms with E-state index in [4.69, 9.17) is 22.7 Å². The molecule has 0 aliphatic heterocycles. The Morgan fingerprint density at radius 3 is 2.67 bits per heavy atom. The molecule has 0 saturated heterocycles. The Hall–Kier alpha value is -1.14. The van der Waals surface area contributed by atoms with E-state index >= 15 is 0 Å². The van der Waals surface area contributed by atoms with E-state index in [1.807, 2.05) is 6.92 Å². The summed E-state index contributed by atoms with van der Waals surface area (Å²) in [5.74, 6) is 0.515. The van der Waals surface area contributed by atoms with Gasteiger partial charge in [0, 0.05) is 12.7 Å². The lowest BCUT2D eigenvalue weighted by Gasteiger charge is -2.17. The van der Waals surface area contributed by atoms with E-state index in [9.17, 15) is 8.42 Å². The van der Waals surface area contributed by atoms with E-state index in [1.54, 1.807) is 12.1 Å².